The van der Waals surface area contributed by atoms with Crippen molar-refractivity contribution < 1.29 is 9.52 Å². The largest absolute Gasteiger partial charge is 0.481 e. The van der Waals surface area contributed by atoms with Gasteiger partial charge in [0.15, 0.2) is 0 Å². The van der Waals surface area contributed by atoms with Crippen molar-refractivity contribution >= 4 is 0 Å². The monoisotopic (exact) mass is 155 g/mol. The van der Waals surface area contributed by atoms with Crippen LogP contribution in [0.5, 0.6) is 5.95 Å². The first-order valence-corrected chi connectivity index (χ1v) is 3.65. The third-order valence-electron chi connectivity index (χ3n) is 1.66. The summed E-state index contributed by atoms with van der Waals surface area (Å²) >= 11 is 0. The maximum absolute atomic E-state index is 8.86. The van der Waals surface area contributed by atoms with E-state index in [1.54, 1.807) is 6.07 Å². The van der Waals surface area contributed by atoms with Crippen molar-refractivity contribution in [3.63, 3.8) is 0 Å². The fourth-order valence-electron chi connectivity index (χ4n) is 0.850. The van der Waals surface area contributed by atoms with Crippen LogP contribution in [-0.4, -0.2) is 5.11 Å². The van der Waals surface area contributed by atoms with Crippen molar-refractivity contribution in [1.29, 1.82) is 0 Å². The van der Waals surface area contributed by atoms with Crippen molar-refractivity contribution in [2.75, 3.05) is 0 Å². The molecule has 0 aliphatic rings. The summed E-state index contributed by atoms with van der Waals surface area (Å²) in [5.74, 6) is 0.883. The first-order chi connectivity index (χ1) is 5.11. The molecule has 3 N–H and O–H groups in total. The second-order valence-electron chi connectivity index (χ2n) is 2.95. The molecule has 1 rings (SSSR count). The molecule has 0 amide bonds. The van der Waals surface area contributed by atoms with E-state index < -0.39 is 0 Å². The minimum Gasteiger partial charge on any atom is -0.481 e. The first-order valence-electron chi connectivity index (χ1n) is 3.65. The van der Waals surface area contributed by atoms with Gasteiger partial charge in [-0.05, 0) is 12.0 Å². The zero-order chi connectivity index (χ0) is 8.43. The van der Waals surface area contributed by atoms with Crippen LogP contribution < -0.4 is 5.73 Å². The van der Waals surface area contributed by atoms with Crippen LogP contribution in [0.1, 0.15) is 25.6 Å². The third-order valence-corrected chi connectivity index (χ3v) is 1.66. The third kappa shape index (κ3) is 1.74. The Kier molecular flexibility index (Phi) is 2.19. The predicted octanol–water partition coefficient (Wildman–Crippen LogP) is 1.64. The maximum Gasteiger partial charge on any atom is 0.281 e. The van der Waals surface area contributed by atoms with Gasteiger partial charge >= 0.3 is 0 Å². The Labute approximate surface area is 65.8 Å². The van der Waals surface area contributed by atoms with Crippen LogP contribution in [0.15, 0.2) is 16.5 Å². The minimum absolute atomic E-state index is 0.0731. The summed E-state index contributed by atoms with van der Waals surface area (Å²) in [5, 5.41) is 8.86. The lowest BCUT2D eigenvalue weighted by Crippen LogP contribution is -2.15. The highest BCUT2D eigenvalue weighted by molar-refractivity contribution is 5.13. The molecule has 0 aromatic carbocycles. The molecule has 1 heterocycles. The highest BCUT2D eigenvalue weighted by Gasteiger charge is 2.13. The van der Waals surface area contributed by atoms with Gasteiger partial charge in [0, 0.05) is 6.07 Å². The predicted molar refractivity (Wildman–Crippen MR) is 42.1 cm³/mol. The number of nitrogens with two attached hydrogens (primary N) is 1. The standard InChI is InChI=1S/C8H13NO2/c1-5(2)8(9)6-3-4-7(10)11-6/h3-5,8,10H,9H2,1-2H3. The quantitative estimate of drug-likeness (QED) is 0.682. The lowest BCUT2D eigenvalue weighted by molar-refractivity contribution is 0.298. The minimum atomic E-state index is -0.129. The molecule has 0 saturated carbocycles. The molecule has 0 bridgehead atoms. The van der Waals surface area contributed by atoms with E-state index in [1.807, 2.05) is 13.8 Å². The number of furan rings is 1. The Hall–Kier alpha value is -0.960. The fourth-order valence-corrected chi connectivity index (χ4v) is 0.850. The van der Waals surface area contributed by atoms with E-state index in [9.17, 15) is 0 Å². The molecule has 0 aliphatic heterocycles. The Morgan fingerprint density at radius 2 is 2.09 bits per heavy atom. The molecule has 11 heavy (non-hydrogen) atoms. The van der Waals surface area contributed by atoms with Gasteiger partial charge in [-0.2, -0.15) is 0 Å². The molecule has 62 valence electrons. The average molecular weight is 155 g/mol. The van der Waals surface area contributed by atoms with E-state index in [4.69, 9.17) is 15.3 Å². The molecule has 0 fully saturated rings. The maximum atomic E-state index is 8.86. The van der Waals surface area contributed by atoms with Gasteiger partial charge in [0.25, 0.3) is 5.95 Å². The van der Waals surface area contributed by atoms with Crippen molar-refractivity contribution in [3.05, 3.63) is 17.9 Å². The van der Waals surface area contributed by atoms with E-state index in [0.717, 1.165) is 0 Å². The van der Waals surface area contributed by atoms with E-state index in [-0.39, 0.29) is 12.0 Å². The summed E-state index contributed by atoms with van der Waals surface area (Å²) in [6.45, 7) is 4.01. The van der Waals surface area contributed by atoms with Crippen molar-refractivity contribution in [3.8, 4) is 5.95 Å². The number of hydrogen-bond acceptors (Lipinski definition) is 3. The molecule has 3 nitrogen and oxygen atoms in total. The Morgan fingerprint density at radius 3 is 2.45 bits per heavy atom. The molecule has 0 radical (unpaired) electrons. The average Bonchev–Trinajstić information content (AvgIpc) is 2.34. The van der Waals surface area contributed by atoms with Gasteiger partial charge in [0.05, 0.1) is 6.04 Å². The SMILES string of the molecule is CC(C)C(N)c1ccc(O)o1. The summed E-state index contributed by atoms with van der Waals surface area (Å²) in [5.41, 5.74) is 5.75. The summed E-state index contributed by atoms with van der Waals surface area (Å²) in [4.78, 5) is 0. The Morgan fingerprint density at radius 1 is 1.45 bits per heavy atom. The topological polar surface area (TPSA) is 59.4 Å². The van der Waals surface area contributed by atoms with Gasteiger partial charge in [-0.3, -0.25) is 0 Å². The van der Waals surface area contributed by atoms with Gasteiger partial charge in [-0.1, -0.05) is 13.8 Å². The van der Waals surface area contributed by atoms with Gasteiger partial charge in [0.2, 0.25) is 0 Å². The number of aromatic hydroxyl groups is 1. The van der Waals surface area contributed by atoms with Crippen LogP contribution >= 0.6 is 0 Å². The number of rotatable bonds is 2. The molecule has 3 heteroatoms. The molecular formula is C8H13NO2. The molecule has 0 spiro atoms. The molecule has 1 aromatic rings. The molecule has 1 atom stereocenters. The van der Waals surface area contributed by atoms with Crippen molar-refractivity contribution in [2.24, 2.45) is 11.7 Å². The molecule has 1 unspecified atom stereocenters. The van der Waals surface area contributed by atoms with Crippen molar-refractivity contribution in [2.45, 2.75) is 19.9 Å². The number of hydrogen-bond donors (Lipinski definition) is 2. The lowest BCUT2D eigenvalue weighted by Gasteiger charge is -2.11. The summed E-state index contributed by atoms with van der Waals surface area (Å²) < 4.78 is 4.94. The van der Waals surface area contributed by atoms with Crippen LogP contribution in [0.4, 0.5) is 0 Å². The van der Waals surface area contributed by atoms with Crippen LogP contribution in [0.2, 0.25) is 0 Å². The molecule has 1 aromatic heterocycles. The summed E-state index contributed by atoms with van der Waals surface area (Å²) in [6, 6.07) is 3.06. The van der Waals surface area contributed by atoms with E-state index in [1.165, 1.54) is 6.07 Å². The zero-order valence-corrected chi connectivity index (χ0v) is 6.74. The Balaban J connectivity index is 2.76. The zero-order valence-electron chi connectivity index (χ0n) is 6.74. The van der Waals surface area contributed by atoms with Crippen molar-refractivity contribution in [1.82, 2.24) is 0 Å². The fraction of sp³-hybridized carbons (Fsp3) is 0.500. The van der Waals surface area contributed by atoms with E-state index in [2.05, 4.69) is 0 Å². The first kappa shape index (κ1) is 8.14. The van der Waals surface area contributed by atoms with Gasteiger partial charge in [0.1, 0.15) is 5.76 Å². The van der Waals surface area contributed by atoms with Crippen LogP contribution in [0, 0.1) is 5.92 Å². The smallest absolute Gasteiger partial charge is 0.281 e. The highest BCUT2D eigenvalue weighted by atomic mass is 16.5. The van der Waals surface area contributed by atoms with E-state index in [0.29, 0.717) is 11.7 Å². The van der Waals surface area contributed by atoms with Crippen LogP contribution in [0.3, 0.4) is 0 Å². The normalized spacial score (nSPS) is 13.8. The van der Waals surface area contributed by atoms with Crippen LogP contribution in [-0.2, 0) is 0 Å². The van der Waals surface area contributed by atoms with Crippen LogP contribution in [0.25, 0.3) is 0 Å². The molecule has 0 aliphatic carbocycles. The Bertz CT molecular complexity index is 230. The molecule has 0 saturated heterocycles. The van der Waals surface area contributed by atoms with Gasteiger partial charge in [-0.15, -0.1) is 0 Å². The molecular weight excluding hydrogens is 142 g/mol. The second-order valence-corrected chi connectivity index (χ2v) is 2.95. The lowest BCUT2D eigenvalue weighted by atomic mass is 10.0. The summed E-state index contributed by atoms with van der Waals surface area (Å²) in [7, 11) is 0. The second kappa shape index (κ2) is 2.96. The van der Waals surface area contributed by atoms with E-state index >= 15 is 0 Å². The highest BCUT2D eigenvalue weighted by Crippen LogP contribution is 2.23. The van der Waals surface area contributed by atoms with Gasteiger partial charge in [-0.25, -0.2) is 0 Å². The summed E-state index contributed by atoms with van der Waals surface area (Å²) in [6.07, 6.45) is 0. The van der Waals surface area contributed by atoms with Gasteiger partial charge < -0.3 is 15.3 Å².